The molecular formula is C10H15NS. The highest BCUT2D eigenvalue weighted by molar-refractivity contribution is 7.80. The van der Waals surface area contributed by atoms with Crippen molar-refractivity contribution in [2.45, 2.75) is 19.3 Å². The molecule has 0 bridgehead atoms. The van der Waals surface area contributed by atoms with Crippen molar-refractivity contribution in [3.05, 3.63) is 0 Å². The number of thiol groups is 1. The van der Waals surface area contributed by atoms with Crippen molar-refractivity contribution in [2.24, 2.45) is 5.41 Å². The molecule has 66 valence electrons. The number of likely N-dealkylation sites (tertiary alicyclic amines) is 1. The van der Waals surface area contributed by atoms with Gasteiger partial charge < -0.3 is 0 Å². The largest absolute Gasteiger partial charge is 0.292 e. The summed E-state index contributed by atoms with van der Waals surface area (Å²) in [5.41, 5.74) is 0.753. The number of nitrogens with zero attached hydrogens (tertiary/aromatic N) is 1. The molecule has 2 fully saturated rings. The second-order valence-corrected chi connectivity index (χ2v) is 4.29. The summed E-state index contributed by atoms with van der Waals surface area (Å²) in [5.74, 6) is 6.83. The first-order valence-electron chi connectivity index (χ1n) is 4.64. The predicted octanol–water partition coefficient (Wildman–Crippen LogP) is 1.41. The maximum absolute atomic E-state index is 4.05. The smallest absolute Gasteiger partial charge is 0.0602 e. The number of hydrogen-bond acceptors (Lipinski definition) is 2. The Kier molecular flexibility index (Phi) is 2.34. The number of rotatable bonds is 1. The van der Waals surface area contributed by atoms with Gasteiger partial charge in [0.2, 0.25) is 0 Å². The third-order valence-corrected chi connectivity index (χ3v) is 3.14. The highest BCUT2D eigenvalue weighted by Crippen LogP contribution is 2.52. The third kappa shape index (κ3) is 1.78. The van der Waals surface area contributed by atoms with Gasteiger partial charge in [-0.15, -0.1) is 0 Å². The van der Waals surface area contributed by atoms with Gasteiger partial charge in [0, 0.05) is 6.54 Å². The molecule has 2 heteroatoms. The van der Waals surface area contributed by atoms with Crippen LogP contribution >= 0.6 is 12.6 Å². The van der Waals surface area contributed by atoms with Crippen LogP contribution in [-0.4, -0.2) is 30.3 Å². The molecule has 1 aliphatic carbocycles. The van der Waals surface area contributed by atoms with Crippen molar-refractivity contribution in [1.29, 1.82) is 0 Å². The quantitative estimate of drug-likeness (QED) is 0.473. The standard InChI is InChI=1S/C10H15NS/c12-8-2-1-6-11-7-5-10(9-11)3-4-10/h12H,3-9H2. The van der Waals surface area contributed by atoms with Gasteiger partial charge in [-0.2, -0.15) is 12.6 Å². The zero-order chi connectivity index (χ0) is 8.44. The SMILES string of the molecule is SCC#CCN1CCC2(CC2)C1. The molecule has 1 heterocycles. The lowest BCUT2D eigenvalue weighted by atomic mass is 10.1. The van der Waals surface area contributed by atoms with E-state index in [1.54, 1.807) is 0 Å². The molecular weight excluding hydrogens is 166 g/mol. The van der Waals surface area contributed by atoms with Gasteiger partial charge in [-0.05, 0) is 31.2 Å². The molecule has 0 aromatic rings. The Morgan fingerprint density at radius 1 is 1.25 bits per heavy atom. The molecule has 0 unspecified atom stereocenters. The lowest BCUT2D eigenvalue weighted by Crippen LogP contribution is -2.21. The first kappa shape index (κ1) is 8.47. The van der Waals surface area contributed by atoms with Crippen LogP contribution in [0.1, 0.15) is 19.3 Å². The van der Waals surface area contributed by atoms with E-state index in [-0.39, 0.29) is 0 Å². The molecule has 0 radical (unpaired) electrons. The van der Waals surface area contributed by atoms with Crippen molar-refractivity contribution >= 4 is 12.6 Å². The maximum atomic E-state index is 4.05. The normalized spacial score (nSPS) is 25.4. The van der Waals surface area contributed by atoms with E-state index in [0.29, 0.717) is 5.75 Å². The average Bonchev–Trinajstić information content (AvgIpc) is 2.68. The molecule has 0 N–H and O–H groups in total. The van der Waals surface area contributed by atoms with E-state index in [0.717, 1.165) is 12.0 Å². The summed E-state index contributed by atoms with van der Waals surface area (Å²) in [5, 5.41) is 0. The molecule has 0 aromatic heterocycles. The Hall–Kier alpha value is -0.130. The Balaban J connectivity index is 1.76. The first-order chi connectivity index (χ1) is 5.85. The van der Waals surface area contributed by atoms with Crippen molar-refractivity contribution < 1.29 is 0 Å². The Morgan fingerprint density at radius 2 is 2.08 bits per heavy atom. The van der Waals surface area contributed by atoms with E-state index >= 15 is 0 Å². The lowest BCUT2D eigenvalue weighted by molar-refractivity contribution is 0.359. The van der Waals surface area contributed by atoms with Gasteiger partial charge >= 0.3 is 0 Å². The van der Waals surface area contributed by atoms with E-state index in [4.69, 9.17) is 0 Å². The van der Waals surface area contributed by atoms with Gasteiger partial charge in [-0.1, -0.05) is 11.8 Å². The Bertz CT molecular complexity index is 222. The molecule has 12 heavy (non-hydrogen) atoms. The Morgan fingerprint density at radius 3 is 2.67 bits per heavy atom. The zero-order valence-corrected chi connectivity index (χ0v) is 8.24. The minimum atomic E-state index is 0.693. The fraction of sp³-hybridized carbons (Fsp3) is 0.800. The summed E-state index contributed by atoms with van der Waals surface area (Å²) >= 11 is 4.05. The highest BCUT2D eigenvalue weighted by atomic mass is 32.1. The molecule has 0 amide bonds. The van der Waals surface area contributed by atoms with Gasteiger partial charge in [0.1, 0.15) is 0 Å². The summed E-state index contributed by atoms with van der Waals surface area (Å²) in [4.78, 5) is 2.48. The summed E-state index contributed by atoms with van der Waals surface area (Å²) in [6.45, 7) is 3.53. The predicted molar refractivity (Wildman–Crippen MR) is 54.4 cm³/mol. The summed E-state index contributed by atoms with van der Waals surface area (Å²) in [6, 6.07) is 0. The topological polar surface area (TPSA) is 3.24 Å². The molecule has 2 aliphatic rings. The number of hydrogen-bond donors (Lipinski definition) is 1. The maximum Gasteiger partial charge on any atom is 0.0602 e. The second kappa shape index (κ2) is 3.32. The van der Waals surface area contributed by atoms with Crippen LogP contribution in [0.15, 0.2) is 0 Å². The van der Waals surface area contributed by atoms with Gasteiger partial charge in [-0.25, -0.2) is 0 Å². The summed E-state index contributed by atoms with van der Waals surface area (Å²) in [7, 11) is 0. The van der Waals surface area contributed by atoms with Crippen molar-refractivity contribution in [3.63, 3.8) is 0 Å². The van der Waals surface area contributed by atoms with Gasteiger partial charge in [-0.3, -0.25) is 4.90 Å². The van der Waals surface area contributed by atoms with Crippen LogP contribution in [0.5, 0.6) is 0 Å². The van der Waals surface area contributed by atoms with Gasteiger partial charge in [0.25, 0.3) is 0 Å². The lowest BCUT2D eigenvalue weighted by Gasteiger charge is -2.10. The minimum absolute atomic E-state index is 0.693. The van der Waals surface area contributed by atoms with Crippen LogP contribution in [0, 0.1) is 17.3 Å². The van der Waals surface area contributed by atoms with Crippen LogP contribution < -0.4 is 0 Å². The minimum Gasteiger partial charge on any atom is -0.292 e. The molecule has 2 rings (SSSR count). The van der Waals surface area contributed by atoms with Crippen molar-refractivity contribution in [1.82, 2.24) is 4.90 Å². The summed E-state index contributed by atoms with van der Waals surface area (Å²) < 4.78 is 0. The summed E-state index contributed by atoms with van der Waals surface area (Å²) in [6.07, 6.45) is 4.34. The van der Waals surface area contributed by atoms with E-state index in [1.807, 2.05) is 0 Å². The fourth-order valence-corrected chi connectivity index (χ4v) is 2.08. The van der Waals surface area contributed by atoms with Gasteiger partial charge in [0.05, 0.1) is 12.3 Å². The molecule has 0 atom stereocenters. The molecule has 1 nitrogen and oxygen atoms in total. The van der Waals surface area contributed by atoms with Crippen LogP contribution in [0.2, 0.25) is 0 Å². The van der Waals surface area contributed by atoms with Crippen LogP contribution in [0.25, 0.3) is 0 Å². The highest BCUT2D eigenvalue weighted by Gasteiger charge is 2.47. The van der Waals surface area contributed by atoms with E-state index in [2.05, 4.69) is 29.4 Å². The second-order valence-electron chi connectivity index (χ2n) is 3.97. The van der Waals surface area contributed by atoms with Crippen LogP contribution in [0.3, 0.4) is 0 Å². The monoisotopic (exact) mass is 181 g/mol. The molecule has 1 saturated carbocycles. The van der Waals surface area contributed by atoms with E-state index in [9.17, 15) is 0 Å². The molecule has 0 aromatic carbocycles. The van der Waals surface area contributed by atoms with Crippen LogP contribution in [0.4, 0.5) is 0 Å². The van der Waals surface area contributed by atoms with Gasteiger partial charge in [0.15, 0.2) is 0 Å². The molecule has 1 aliphatic heterocycles. The average molecular weight is 181 g/mol. The molecule has 1 saturated heterocycles. The first-order valence-corrected chi connectivity index (χ1v) is 5.27. The fourth-order valence-electron chi connectivity index (χ4n) is 1.97. The zero-order valence-electron chi connectivity index (χ0n) is 7.34. The van der Waals surface area contributed by atoms with E-state index in [1.165, 1.54) is 32.4 Å². The van der Waals surface area contributed by atoms with Crippen molar-refractivity contribution in [3.8, 4) is 11.8 Å². The molecule has 1 spiro atoms. The van der Waals surface area contributed by atoms with Crippen molar-refractivity contribution in [2.75, 3.05) is 25.4 Å². The van der Waals surface area contributed by atoms with Crippen LogP contribution in [-0.2, 0) is 0 Å². The Labute approximate surface area is 79.9 Å². The third-order valence-electron chi connectivity index (χ3n) is 2.98. The van der Waals surface area contributed by atoms with E-state index < -0.39 is 0 Å².